The van der Waals surface area contributed by atoms with Crippen LogP contribution in [0, 0.1) is 0 Å². The van der Waals surface area contributed by atoms with Gasteiger partial charge in [0.1, 0.15) is 6.54 Å². The van der Waals surface area contributed by atoms with Gasteiger partial charge < -0.3 is 35.3 Å². The van der Waals surface area contributed by atoms with Crippen molar-refractivity contribution in [3.05, 3.63) is 0 Å². The van der Waals surface area contributed by atoms with Crippen LogP contribution in [0.3, 0.4) is 0 Å². The molecule has 5 nitrogen and oxygen atoms in total. The molecule has 0 spiro atoms. The number of aliphatic hydroxyl groups excluding tert-OH is 1. The van der Waals surface area contributed by atoms with Crippen molar-refractivity contribution in [1.29, 1.82) is 0 Å². The number of halogens is 1. The number of rotatable bonds is 8. The third kappa shape index (κ3) is 5.65. The summed E-state index contributed by atoms with van der Waals surface area (Å²) >= 11 is 0. The number of hydrogen-bond acceptors (Lipinski definition) is 4. The lowest BCUT2D eigenvalue weighted by Crippen LogP contribution is -3.00. The zero-order chi connectivity index (χ0) is 12.8. The van der Waals surface area contributed by atoms with E-state index in [4.69, 9.17) is 13.3 Å². The van der Waals surface area contributed by atoms with E-state index in [1.54, 1.807) is 0 Å². The van der Waals surface area contributed by atoms with Crippen LogP contribution in [0.2, 0.25) is 0 Å². The Kier molecular flexibility index (Phi) is 9.72. The standard InChI is InChI=1S/C10H26NO4Si.ClH/c1-7-8-11(2,3)9-10(12)16(13-4,14-5)15-6;/h10,12H,7-9H2,1-6H3;1H/q+1;/p-1. The zero-order valence-corrected chi connectivity index (χ0v) is 13.5. The fourth-order valence-corrected chi connectivity index (χ4v) is 3.97. The van der Waals surface area contributed by atoms with Crippen LogP contribution in [0.4, 0.5) is 0 Å². The number of likely N-dealkylation sites (N-methyl/N-ethyl adjacent to an activating group) is 1. The van der Waals surface area contributed by atoms with Crippen LogP contribution >= 0.6 is 0 Å². The molecule has 0 aliphatic carbocycles. The van der Waals surface area contributed by atoms with Gasteiger partial charge in [-0.15, -0.1) is 0 Å². The van der Waals surface area contributed by atoms with Crippen LogP contribution in [-0.4, -0.2) is 72.6 Å². The van der Waals surface area contributed by atoms with Gasteiger partial charge in [0.2, 0.25) is 0 Å². The van der Waals surface area contributed by atoms with E-state index in [9.17, 15) is 5.11 Å². The number of hydrogen-bond donors (Lipinski definition) is 1. The Labute approximate surface area is 112 Å². The Bertz CT molecular complexity index is 194. The van der Waals surface area contributed by atoms with Gasteiger partial charge in [0.25, 0.3) is 0 Å². The lowest BCUT2D eigenvalue weighted by Gasteiger charge is -2.36. The predicted octanol–water partition coefficient (Wildman–Crippen LogP) is -2.74. The quantitative estimate of drug-likeness (QED) is 0.389. The van der Waals surface area contributed by atoms with Crippen molar-refractivity contribution in [2.24, 2.45) is 0 Å². The Morgan fingerprint density at radius 2 is 1.53 bits per heavy atom. The van der Waals surface area contributed by atoms with E-state index in [-0.39, 0.29) is 12.4 Å². The SMILES string of the molecule is CCC[N+](C)(C)CC(O)[Si](OC)(OC)OC.[Cl-]. The second-order valence-electron chi connectivity index (χ2n) is 4.57. The van der Waals surface area contributed by atoms with E-state index in [2.05, 4.69) is 21.0 Å². The molecule has 0 aromatic carbocycles. The minimum Gasteiger partial charge on any atom is -1.00 e. The molecule has 0 fully saturated rings. The minimum atomic E-state index is -2.92. The van der Waals surface area contributed by atoms with Crippen molar-refractivity contribution >= 4 is 8.80 Å². The molecule has 106 valence electrons. The molecular formula is C10H26ClNO4Si. The summed E-state index contributed by atoms with van der Waals surface area (Å²) in [6.07, 6.45) is 1.07. The number of aliphatic hydroxyl groups is 1. The Hall–Kier alpha value is 0.307. The van der Waals surface area contributed by atoms with Crippen molar-refractivity contribution in [1.82, 2.24) is 0 Å². The number of quaternary nitrogens is 1. The third-order valence-electron chi connectivity index (χ3n) is 2.76. The fraction of sp³-hybridized carbons (Fsp3) is 1.00. The molecule has 7 heteroatoms. The molecule has 0 aromatic rings. The molecular weight excluding hydrogens is 262 g/mol. The molecule has 0 amide bonds. The molecule has 1 atom stereocenters. The highest BCUT2D eigenvalue weighted by Crippen LogP contribution is 2.15. The Morgan fingerprint density at radius 3 is 1.82 bits per heavy atom. The molecule has 1 N–H and O–H groups in total. The molecule has 0 aliphatic heterocycles. The summed E-state index contributed by atoms with van der Waals surface area (Å²) < 4.78 is 16.5. The second kappa shape index (κ2) is 8.42. The maximum Gasteiger partial charge on any atom is 0.536 e. The van der Waals surface area contributed by atoms with E-state index >= 15 is 0 Å². The van der Waals surface area contributed by atoms with Crippen molar-refractivity contribution in [2.75, 3.05) is 48.5 Å². The maximum atomic E-state index is 10.2. The summed E-state index contributed by atoms with van der Waals surface area (Å²) in [7, 11) is 5.78. The summed E-state index contributed by atoms with van der Waals surface area (Å²) in [5, 5.41) is 10.2. The van der Waals surface area contributed by atoms with Crippen LogP contribution in [0.1, 0.15) is 13.3 Å². The topological polar surface area (TPSA) is 47.9 Å². The normalized spacial score (nSPS) is 14.3. The molecule has 0 radical (unpaired) electrons. The first kappa shape index (κ1) is 19.6. The van der Waals surface area contributed by atoms with Crippen molar-refractivity contribution < 1.29 is 35.3 Å². The first-order valence-electron chi connectivity index (χ1n) is 5.53. The van der Waals surface area contributed by atoms with Crippen LogP contribution in [0.25, 0.3) is 0 Å². The molecule has 0 saturated carbocycles. The third-order valence-corrected chi connectivity index (χ3v) is 5.46. The number of nitrogens with zero attached hydrogens (tertiary/aromatic N) is 1. The maximum absolute atomic E-state index is 10.2. The largest absolute Gasteiger partial charge is 1.00 e. The van der Waals surface area contributed by atoms with Gasteiger partial charge in [-0.1, -0.05) is 6.92 Å². The van der Waals surface area contributed by atoms with Gasteiger partial charge in [0.05, 0.1) is 20.6 Å². The highest BCUT2D eigenvalue weighted by Gasteiger charge is 2.49. The van der Waals surface area contributed by atoms with Crippen LogP contribution < -0.4 is 12.4 Å². The van der Waals surface area contributed by atoms with Crippen molar-refractivity contribution in [3.63, 3.8) is 0 Å². The summed E-state index contributed by atoms with van der Waals surface area (Å²) in [6.45, 7) is 3.69. The lowest BCUT2D eigenvalue weighted by atomic mass is 10.4. The van der Waals surface area contributed by atoms with Crippen molar-refractivity contribution in [2.45, 2.75) is 19.1 Å². The van der Waals surface area contributed by atoms with E-state index in [1.165, 1.54) is 21.3 Å². The molecule has 0 bridgehead atoms. The first-order valence-corrected chi connectivity index (χ1v) is 7.33. The van der Waals surface area contributed by atoms with E-state index < -0.39 is 14.5 Å². The second-order valence-corrected chi connectivity index (χ2v) is 7.67. The predicted molar refractivity (Wildman–Crippen MR) is 64.9 cm³/mol. The van der Waals surface area contributed by atoms with Crippen LogP contribution in [-0.2, 0) is 13.3 Å². The molecule has 0 aromatic heterocycles. The zero-order valence-electron chi connectivity index (χ0n) is 11.7. The van der Waals surface area contributed by atoms with Crippen LogP contribution in [0.15, 0.2) is 0 Å². The summed E-state index contributed by atoms with van der Waals surface area (Å²) in [5.74, 6) is 0. The molecule has 0 rings (SSSR count). The first-order chi connectivity index (χ1) is 7.37. The molecule has 17 heavy (non-hydrogen) atoms. The monoisotopic (exact) mass is 287 g/mol. The molecule has 1 unspecified atom stereocenters. The van der Waals surface area contributed by atoms with Crippen LogP contribution in [0.5, 0.6) is 0 Å². The van der Waals surface area contributed by atoms with Crippen molar-refractivity contribution in [3.8, 4) is 0 Å². The van der Waals surface area contributed by atoms with Gasteiger partial charge in [-0.25, -0.2) is 0 Å². The minimum absolute atomic E-state index is 0. The smallest absolute Gasteiger partial charge is 0.536 e. The molecule has 0 aliphatic rings. The van der Waals surface area contributed by atoms with Gasteiger partial charge >= 0.3 is 8.80 Å². The van der Waals surface area contributed by atoms with Gasteiger partial charge in [-0.05, 0) is 6.42 Å². The van der Waals surface area contributed by atoms with Gasteiger partial charge in [0, 0.05) is 21.3 Å². The Morgan fingerprint density at radius 1 is 1.12 bits per heavy atom. The summed E-state index contributed by atoms with van der Waals surface area (Å²) in [6, 6.07) is 0. The van der Waals surface area contributed by atoms with Gasteiger partial charge in [-0.2, -0.15) is 0 Å². The fourth-order valence-electron chi connectivity index (χ4n) is 1.93. The molecule has 0 heterocycles. The van der Waals surface area contributed by atoms with Gasteiger partial charge in [0.15, 0.2) is 5.73 Å². The summed E-state index contributed by atoms with van der Waals surface area (Å²) in [4.78, 5) is 0. The van der Waals surface area contributed by atoms with E-state index in [0.717, 1.165) is 17.4 Å². The highest BCUT2D eigenvalue weighted by molar-refractivity contribution is 6.62. The van der Waals surface area contributed by atoms with E-state index in [1.807, 2.05) is 0 Å². The average Bonchev–Trinajstić information content (AvgIpc) is 2.20. The van der Waals surface area contributed by atoms with Gasteiger partial charge in [-0.3, -0.25) is 0 Å². The van der Waals surface area contributed by atoms with E-state index in [0.29, 0.717) is 6.54 Å². The highest BCUT2D eigenvalue weighted by atomic mass is 35.5. The average molecular weight is 288 g/mol. The Balaban J connectivity index is 0. The summed E-state index contributed by atoms with van der Waals surface area (Å²) in [5.41, 5.74) is -0.700. The molecule has 0 saturated heterocycles. The lowest BCUT2D eigenvalue weighted by molar-refractivity contribution is -0.892.